The van der Waals surface area contributed by atoms with Crippen molar-refractivity contribution in [1.29, 1.82) is 0 Å². The van der Waals surface area contributed by atoms with Gasteiger partial charge in [-0.2, -0.15) is 0 Å². The number of hydrogen-bond acceptors (Lipinski definition) is 0. The molecule has 0 saturated heterocycles. The van der Waals surface area contributed by atoms with Crippen molar-refractivity contribution in [2.45, 2.75) is 59.3 Å². The average molecular weight is 353 g/mol. The summed E-state index contributed by atoms with van der Waals surface area (Å²) in [6.07, 6.45) is 12.7. The van der Waals surface area contributed by atoms with Crippen molar-refractivity contribution in [2.75, 3.05) is 0 Å². The van der Waals surface area contributed by atoms with Gasteiger partial charge in [-0.05, 0) is 0 Å². The van der Waals surface area contributed by atoms with Gasteiger partial charge in [-0.3, -0.25) is 0 Å². The van der Waals surface area contributed by atoms with Crippen LogP contribution in [0.25, 0.3) is 0 Å². The maximum Gasteiger partial charge on any atom is -1.00 e. The molecule has 1 aliphatic carbocycles. The van der Waals surface area contributed by atoms with E-state index in [-0.39, 0.29) is 24.8 Å². The number of hydrogen-bond donors (Lipinski definition) is 0. The Kier molecular flexibility index (Phi) is 11.7. The Balaban J connectivity index is 0. The molecule has 0 nitrogen and oxygen atoms in total. The molecular weight excluding hydrogens is 330 g/mol. The van der Waals surface area contributed by atoms with Gasteiger partial charge in [0.1, 0.15) is 0 Å². The van der Waals surface area contributed by atoms with E-state index >= 15 is 0 Å². The second-order valence-electron chi connectivity index (χ2n) is 4.63. The van der Waals surface area contributed by atoms with Crippen LogP contribution in [0.15, 0.2) is 21.0 Å². The molecule has 0 heterocycles. The van der Waals surface area contributed by atoms with Gasteiger partial charge < -0.3 is 24.8 Å². The molecule has 0 radical (unpaired) electrons. The van der Waals surface area contributed by atoms with E-state index in [1.165, 1.54) is 38.5 Å². The zero-order valence-corrected chi connectivity index (χ0v) is 15.1. The average Bonchev–Trinajstić information content (AvgIpc) is 2.64. The second kappa shape index (κ2) is 9.82. The minimum Gasteiger partial charge on any atom is -1.00 e. The molecule has 0 spiro atoms. The minimum atomic E-state index is 0. The van der Waals surface area contributed by atoms with Crippen molar-refractivity contribution < 1.29 is 49.5 Å². The molecule has 1 aliphatic rings. The largest absolute Gasteiger partial charge is 1.00 e. The first-order chi connectivity index (χ1) is 7.20. The smallest absolute Gasteiger partial charge is 1.00 e. The van der Waals surface area contributed by atoms with Crippen molar-refractivity contribution in [1.82, 2.24) is 0 Å². The van der Waals surface area contributed by atoms with Crippen LogP contribution >= 0.6 is 0 Å². The van der Waals surface area contributed by atoms with E-state index < -0.39 is 0 Å². The second-order valence-corrected chi connectivity index (χ2v) is 6.12. The quantitative estimate of drug-likeness (QED) is 0.560. The van der Waals surface area contributed by atoms with Crippen molar-refractivity contribution >= 4 is 0 Å². The summed E-state index contributed by atoms with van der Waals surface area (Å²) in [6, 6.07) is 0. The van der Waals surface area contributed by atoms with Gasteiger partial charge >= 0.3 is 110 Å². The predicted octanol–water partition coefficient (Wildman–Crippen LogP) is -1.25. The summed E-state index contributed by atoms with van der Waals surface area (Å²) in [4.78, 5) is 0. The van der Waals surface area contributed by atoms with Crippen LogP contribution in [0, 0.1) is 5.41 Å². The van der Waals surface area contributed by atoms with E-state index in [0.717, 1.165) is 0 Å². The zero-order chi connectivity index (χ0) is 11.3. The molecule has 17 heavy (non-hydrogen) atoms. The standard InChI is InChI=1S/C14H23.2ClH.Zr/c1-4-11-14(6-3,12-5-2)13-9-7-8-10-13;;;/h7,9H,4-6,8,11-12H2,1-3H3;2*1H;/q;;;+2/p-2. The van der Waals surface area contributed by atoms with Crippen LogP contribution in [0.3, 0.4) is 0 Å². The van der Waals surface area contributed by atoms with Gasteiger partial charge in [0, 0.05) is 0 Å². The normalized spacial score (nSPS) is 14.6. The van der Waals surface area contributed by atoms with E-state index in [2.05, 4.69) is 32.9 Å². The molecular formula is C14H23Cl2Zr. The first kappa shape index (κ1) is 20.3. The van der Waals surface area contributed by atoms with Crippen LogP contribution in [0.5, 0.6) is 0 Å². The Labute approximate surface area is 134 Å². The Morgan fingerprint density at radius 3 is 1.94 bits per heavy atom. The number of rotatable bonds is 6. The summed E-state index contributed by atoms with van der Waals surface area (Å²) in [5, 5.41) is 0. The topological polar surface area (TPSA) is 0 Å². The summed E-state index contributed by atoms with van der Waals surface area (Å²) >= 11 is 1.63. The third-order valence-electron chi connectivity index (χ3n) is 3.64. The van der Waals surface area contributed by atoms with E-state index in [0.29, 0.717) is 5.41 Å². The van der Waals surface area contributed by atoms with Gasteiger partial charge in [0.2, 0.25) is 0 Å². The summed E-state index contributed by atoms with van der Waals surface area (Å²) in [6.45, 7) is 7.01. The maximum atomic E-state index is 2.42. The first-order valence-electron chi connectivity index (χ1n) is 6.32. The van der Waals surface area contributed by atoms with E-state index in [9.17, 15) is 0 Å². The molecule has 0 atom stereocenters. The molecule has 97 valence electrons. The zero-order valence-electron chi connectivity index (χ0n) is 11.2. The molecule has 0 bridgehead atoms. The molecule has 0 aromatic carbocycles. The molecule has 3 heteroatoms. The fourth-order valence-corrected chi connectivity index (χ4v) is 4.04. The van der Waals surface area contributed by atoms with E-state index in [4.69, 9.17) is 0 Å². The molecule has 0 aromatic heterocycles. The summed E-state index contributed by atoms with van der Waals surface area (Å²) < 4.78 is 1.70. The van der Waals surface area contributed by atoms with Crippen LogP contribution < -0.4 is 24.8 Å². The van der Waals surface area contributed by atoms with Crippen molar-refractivity contribution in [3.05, 3.63) is 21.0 Å². The maximum absolute atomic E-state index is 2.42. The van der Waals surface area contributed by atoms with E-state index in [1.807, 2.05) is 0 Å². The molecule has 0 aromatic rings. The fourth-order valence-electron chi connectivity index (χ4n) is 2.90. The van der Waals surface area contributed by atoms with Crippen molar-refractivity contribution in [3.63, 3.8) is 0 Å². The predicted molar refractivity (Wildman–Crippen MR) is 63.3 cm³/mol. The van der Waals surface area contributed by atoms with Crippen LogP contribution in [-0.2, 0) is 24.7 Å². The Morgan fingerprint density at radius 2 is 1.65 bits per heavy atom. The van der Waals surface area contributed by atoms with Gasteiger partial charge in [-0.25, -0.2) is 0 Å². The van der Waals surface area contributed by atoms with Gasteiger partial charge in [-0.1, -0.05) is 0 Å². The Hall–Kier alpha value is 0.943. The summed E-state index contributed by atoms with van der Waals surface area (Å²) in [5.74, 6) is 0. The SMILES string of the molecule is CCCC(CC)(CCC)C1=[C]([Zr+2])CC=C1.[Cl-].[Cl-]. The van der Waals surface area contributed by atoms with Crippen LogP contribution in [-0.4, -0.2) is 0 Å². The third kappa shape index (κ3) is 4.85. The molecule has 0 unspecified atom stereocenters. The molecule has 0 amide bonds. The Bertz CT molecular complexity index is 263. The molecule has 0 N–H and O–H groups in total. The van der Waals surface area contributed by atoms with Gasteiger partial charge in [0.25, 0.3) is 0 Å². The summed E-state index contributed by atoms with van der Waals surface area (Å²) in [7, 11) is 0. The van der Waals surface area contributed by atoms with Gasteiger partial charge in [-0.15, -0.1) is 0 Å². The van der Waals surface area contributed by atoms with Crippen LogP contribution in [0.4, 0.5) is 0 Å². The van der Waals surface area contributed by atoms with Gasteiger partial charge in [0.15, 0.2) is 0 Å². The van der Waals surface area contributed by atoms with Gasteiger partial charge in [0.05, 0.1) is 0 Å². The molecule has 0 fully saturated rings. The minimum absolute atomic E-state index is 0. The van der Waals surface area contributed by atoms with Crippen LogP contribution in [0.1, 0.15) is 59.3 Å². The number of halogens is 2. The Morgan fingerprint density at radius 1 is 1.12 bits per heavy atom. The number of allylic oxidation sites excluding steroid dienone is 4. The fraction of sp³-hybridized carbons (Fsp3) is 0.714. The first-order valence-corrected chi connectivity index (χ1v) is 7.54. The van der Waals surface area contributed by atoms with Crippen molar-refractivity contribution in [2.24, 2.45) is 5.41 Å². The molecule has 1 rings (SSSR count). The van der Waals surface area contributed by atoms with E-state index in [1.54, 1.807) is 33.6 Å². The summed E-state index contributed by atoms with van der Waals surface area (Å²) in [5.41, 5.74) is 2.21. The van der Waals surface area contributed by atoms with Crippen LogP contribution in [0.2, 0.25) is 0 Å². The van der Waals surface area contributed by atoms with Crippen molar-refractivity contribution in [3.8, 4) is 0 Å². The molecule has 0 saturated carbocycles. The monoisotopic (exact) mass is 351 g/mol. The third-order valence-corrected chi connectivity index (χ3v) is 4.80. The molecule has 0 aliphatic heterocycles.